The van der Waals surface area contributed by atoms with Crippen LogP contribution in [0.1, 0.15) is 5.56 Å². The predicted molar refractivity (Wildman–Crippen MR) is 128 cm³/mol. The second kappa shape index (κ2) is 12.8. The van der Waals surface area contributed by atoms with Gasteiger partial charge in [-0.3, -0.25) is 0 Å². The Morgan fingerprint density at radius 3 is 2.53 bits per heavy atom. The van der Waals surface area contributed by atoms with Gasteiger partial charge in [-0.15, -0.1) is 0 Å². The summed E-state index contributed by atoms with van der Waals surface area (Å²) in [7, 11) is 5.62. The van der Waals surface area contributed by atoms with Crippen LogP contribution >= 0.6 is 29.0 Å². The molecule has 0 aromatic heterocycles. The van der Waals surface area contributed by atoms with Crippen molar-refractivity contribution >= 4 is 66.4 Å². The van der Waals surface area contributed by atoms with E-state index in [1.807, 2.05) is 0 Å². The predicted octanol–water partition coefficient (Wildman–Crippen LogP) is -1.31. The summed E-state index contributed by atoms with van der Waals surface area (Å²) < 4.78 is 15.6. The first-order chi connectivity index (χ1) is 16.0. The van der Waals surface area contributed by atoms with E-state index in [4.69, 9.17) is 26.5 Å². The number of halogens is 1. The van der Waals surface area contributed by atoms with E-state index in [-0.39, 0.29) is 11.4 Å². The monoisotopic (exact) mass is 610 g/mol. The Morgan fingerprint density at radius 1 is 1.26 bits per heavy atom. The number of carboxylic acids is 1. The zero-order chi connectivity index (χ0) is 25.6. The molecule has 13 nitrogen and oxygen atoms in total. The van der Waals surface area contributed by atoms with E-state index >= 15 is 0 Å². The van der Waals surface area contributed by atoms with Gasteiger partial charge in [0, 0.05) is 0 Å². The van der Waals surface area contributed by atoms with Crippen LogP contribution in [0.2, 0.25) is 0 Å². The molecule has 0 saturated carbocycles. The molecule has 0 aliphatic carbocycles. The molecule has 184 valence electrons. The third-order valence-corrected chi connectivity index (χ3v) is 6.44. The molecule has 2 rings (SSSR count). The number of ether oxygens (including phenoxy) is 2. The van der Waals surface area contributed by atoms with Crippen LogP contribution in [0.15, 0.2) is 18.2 Å². The van der Waals surface area contributed by atoms with E-state index in [1.165, 1.54) is 31.3 Å². The topological polar surface area (TPSA) is 195 Å². The van der Waals surface area contributed by atoms with E-state index in [2.05, 4.69) is 5.32 Å². The Kier molecular flexibility index (Phi) is 10.7. The number of aliphatic hydroxyl groups excluding tert-OH is 4. The first kappa shape index (κ1) is 28.5. The molecular formula is C17H21B2IN2O11S. The third kappa shape index (κ3) is 7.37. The number of amides is 2. The van der Waals surface area contributed by atoms with Crippen LogP contribution in [-0.4, -0.2) is 106 Å². The number of benzene rings is 1. The fourth-order valence-electron chi connectivity index (χ4n) is 2.78. The van der Waals surface area contributed by atoms with Gasteiger partial charge in [-0.2, -0.15) is 0 Å². The molecule has 1 saturated heterocycles. The van der Waals surface area contributed by atoms with Crippen molar-refractivity contribution in [1.82, 2.24) is 4.90 Å². The van der Waals surface area contributed by atoms with Gasteiger partial charge in [0.1, 0.15) is 12.2 Å². The van der Waals surface area contributed by atoms with E-state index in [9.17, 15) is 34.8 Å². The summed E-state index contributed by atoms with van der Waals surface area (Å²) in [6.45, 7) is -0.827. The molecule has 6 atom stereocenters. The van der Waals surface area contributed by atoms with Gasteiger partial charge >= 0.3 is 167 Å². The van der Waals surface area contributed by atoms with E-state index in [1.54, 1.807) is 21.2 Å². The average molecular weight is 610 g/mol. The average Bonchev–Trinajstić information content (AvgIpc) is 2.79. The van der Waals surface area contributed by atoms with Crippen LogP contribution in [0.5, 0.6) is 5.75 Å². The van der Waals surface area contributed by atoms with Crippen LogP contribution in [-0.2, 0) is 25.1 Å². The summed E-state index contributed by atoms with van der Waals surface area (Å²) in [6.07, 6.45) is -10.0. The van der Waals surface area contributed by atoms with Crippen molar-refractivity contribution in [2.45, 2.75) is 37.3 Å². The summed E-state index contributed by atoms with van der Waals surface area (Å²) in [4.78, 5) is 36.7. The molecule has 6 N–H and O–H groups in total. The Hall–Kier alpha value is -1.76. The Labute approximate surface area is 210 Å². The molecule has 1 aromatic carbocycles. The molecule has 17 heteroatoms. The number of aliphatic carboxylic acids is 1. The molecule has 2 radical (unpaired) electrons. The fraction of sp³-hybridized carbons (Fsp3) is 0.471. The summed E-state index contributed by atoms with van der Waals surface area (Å²) >= 11 is 1.79. The minimum Gasteiger partial charge on any atom is -0.479 e. The number of rotatable bonds is 8. The number of likely N-dealkylation sites (N-methyl/N-ethyl adjacent to an activating group) is 1. The number of anilines is 1. The van der Waals surface area contributed by atoms with Gasteiger partial charge in [0.15, 0.2) is 6.10 Å². The maximum absolute atomic E-state index is 12.5. The van der Waals surface area contributed by atoms with Crippen molar-refractivity contribution < 1.29 is 53.6 Å². The summed E-state index contributed by atoms with van der Waals surface area (Å²) in [5, 5.41) is 51.0. The van der Waals surface area contributed by atoms with E-state index in [0.29, 0.717) is 5.56 Å². The van der Waals surface area contributed by atoms with Crippen molar-refractivity contribution in [3.63, 3.8) is 0 Å². The van der Waals surface area contributed by atoms with Gasteiger partial charge in [0.2, 0.25) is 0 Å². The quantitative estimate of drug-likeness (QED) is 0.151. The number of carbonyl (C=O) groups excluding carboxylic acids is 2. The van der Waals surface area contributed by atoms with Crippen molar-refractivity contribution in [2.75, 3.05) is 18.9 Å². The summed E-state index contributed by atoms with van der Waals surface area (Å²) in [5.41, 5.74) is 0.359. The molecule has 1 aliphatic rings. The third-order valence-electron chi connectivity index (χ3n) is 4.51. The maximum atomic E-state index is 12.5. The number of hydrogen-bond acceptors (Lipinski definition) is 10. The number of aliphatic hydroxyl groups is 4. The zero-order valence-corrected chi connectivity index (χ0v) is 20.6. The number of carboxylic acid groups (broad SMARTS) is 1. The van der Waals surface area contributed by atoms with Gasteiger partial charge in [-0.05, 0) is 0 Å². The molecular weight excluding hydrogens is 589 g/mol. The zero-order valence-electron chi connectivity index (χ0n) is 17.6. The van der Waals surface area contributed by atoms with Crippen molar-refractivity contribution in [1.29, 1.82) is 0 Å². The number of nitrogens with one attached hydrogen (secondary N) is 1. The molecule has 0 bridgehead atoms. The fourth-order valence-corrected chi connectivity index (χ4v) is 3.56. The second-order valence-corrected chi connectivity index (χ2v) is 10.5. The van der Waals surface area contributed by atoms with Gasteiger partial charge in [0.25, 0.3) is 0 Å². The van der Waals surface area contributed by atoms with Crippen LogP contribution in [0, 0.1) is 0 Å². The molecule has 34 heavy (non-hydrogen) atoms. The van der Waals surface area contributed by atoms with Gasteiger partial charge in [0.05, 0.1) is 0 Å². The Morgan fingerprint density at radius 2 is 1.94 bits per heavy atom. The minimum atomic E-state index is -1.90. The van der Waals surface area contributed by atoms with Crippen molar-refractivity contribution in [2.24, 2.45) is 0 Å². The van der Waals surface area contributed by atoms with Crippen molar-refractivity contribution in [3.05, 3.63) is 23.8 Å². The first-order valence-electron chi connectivity index (χ1n) is 9.49. The summed E-state index contributed by atoms with van der Waals surface area (Å²) in [5.74, 6) is -2.39. The number of carbonyl (C=O) groups is 3. The van der Waals surface area contributed by atoms with Crippen LogP contribution in [0.3, 0.4) is 0 Å². The molecule has 1 heterocycles. The normalized spacial score (nSPS) is 25.1. The van der Waals surface area contributed by atoms with Crippen LogP contribution < -0.4 is 10.1 Å². The van der Waals surface area contributed by atoms with E-state index < -0.39 is 69.6 Å². The Bertz CT molecular complexity index is 956. The molecule has 1 fully saturated rings. The van der Waals surface area contributed by atoms with Crippen molar-refractivity contribution in [3.8, 4) is 5.75 Å². The van der Waals surface area contributed by atoms with Gasteiger partial charge < -0.3 is 20.4 Å². The standard InChI is InChI=1S/C17H21B2IN2O11S/c1-22(17(30)33-34(20)19-18)5-10(24)21-8-4-7(6-23)2-3-9(8)31-16-13(27)11(25)12(26)14(32-16)15(28)29/h2-4,11-14,16,23,25-27H,5-6H2,1H3,(H,21,24)(H,28,29)/t11-,12-,13?,14?,16+,34?/m0/s1. The van der Waals surface area contributed by atoms with Crippen LogP contribution in [0.4, 0.5) is 10.5 Å². The first-order valence-corrected chi connectivity index (χ1v) is 13.2. The number of hydrogen-bond donors (Lipinski definition) is 6. The van der Waals surface area contributed by atoms with Crippen LogP contribution in [0.25, 0.3) is 0 Å². The molecule has 0 spiro atoms. The molecule has 1 aromatic rings. The minimum absolute atomic E-state index is 0.00876. The van der Waals surface area contributed by atoms with E-state index in [0.717, 1.165) is 4.90 Å². The summed E-state index contributed by atoms with van der Waals surface area (Å²) in [6, 6.07) is 5.24. The second-order valence-electron chi connectivity index (χ2n) is 6.98. The van der Waals surface area contributed by atoms with Gasteiger partial charge in [-0.25, -0.2) is 4.79 Å². The Balaban J connectivity index is 2.19. The molecule has 3 unspecified atom stereocenters. The molecule has 2 amide bonds. The van der Waals surface area contributed by atoms with Gasteiger partial charge in [-0.1, -0.05) is 0 Å². The SMILES string of the molecule is [B]B=S(I)OC(=O)N(C)CC(=O)Nc1cc(CO)ccc1O[C@@H]1OC(C(=O)O)[C@@H](O)[C@H](O)C1O. The smallest absolute Gasteiger partial charge is 0.479 e. The number of nitrogens with zero attached hydrogens (tertiary/aromatic N) is 1. The molecule has 1 aliphatic heterocycles.